The van der Waals surface area contributed by atoms with Crippen LogP contribution in [0, 0.1) is 11.8 Å². The molecule has 2 aliphatic rings. The summed E-state index contributed by atoms with van der Waals surface area (Å²) in [4.78, 5) is 0. The Morgan fingerprint density at radius 3 is 1.50 bits per heavy atom. The van der Waals surface area contributed by atoms with E-state index in [0.717, 1.165) is 11.8 Å². The van der Waals surface area contributed by atoms with Crippen molar-refractivity contribution in [2.24, 2.45) is 11.8 Å². The maximum Gasteiger partial charge on any atom is -0.0184 e. The zero-order valence-electron chi connectivity index (χ0n) is 19.0. The molecule has 2 aromatic carbocycles. The number of rotatable bonds is 7. The normalized spacial score (nSPS) is 21.8. The predicted octanol–water partition coefficient (Wildman–Crippen LogP) is 9.32. The number of hydrogen-bond donors (Lipinski definition) is 0. The Morgan fingerprint density at radius 2 is 1.10 bits per heavy atom. The molecule has 4 rings (SSSR count). The molecule has 2 aliphatic carbocycles. The van der Waals surface area contributed by atoms with Crippen LogP contribution in [0.1, 0.15) is 89.2 Å². The molecule has 2 unspecified atom stereocenters. The lowest BCUT2D eigenvalue weighted by Gasteiger charge is -2.22. The number of unbranched alkanes of at least 4 members (excludes halogenated alkanes) is 1. The van der Waals surface area contributed by atoms with E-state index in [2.05, 4.69) is 74.5 Å². The number of hydrogen-bond acceptors (Lipinski definition) is 0. The highest BCUT2D eigenvalue weighted by molar-refractivity contribution is 5.73. The molecule has 0 saturated heterocycles. The molecular formula is C30H38. The van der Waals surface area contributed by atoms with Gasteiger partial charge in [-0.3, -0.25) is 0 Å². The van der Waals surface area contributed by atoms with Crippen molar-refractivity contribution in [3.05, 3.63) is 71.8 Å². The molecule has 0 nitrogen and oxygen atoms in total. The third-order valence-corrected chi connectivity index (χ3v) is 7.43. The van der Waals surface area contributed by atoms with E-state index in [4.69, 9.17) is 0 Å². The minimum atomic E-state index is 0.896. The Balaban J connectivity index is 1.40. The van der Waals surface area contributed by atoms with E-state index in [0.29, 0.717) is 0 Å². The largest absolute Gasteiger partial charge is 0.0804 e. The fourth-order valence-corrected chi connectivity index (χ4v) is 5.18. The standard InChI is InChI=1S/C30H38/c1-3-5-6-24-9-13-26(14-10-24)28-17-21-30(22-18-28)29-19-15-27(16-20-29)25-11-7-23(4-2)8-12-25/h11,13,15-24H,3-10,12,14H2,1-2H3. The summed E-state index contributed by atoms with van der Waals surface area (Å²) in [6.45, 7) is 4.62. The topological polar surface area (TPSA) is 0 Å². The van der Waals surface area contributed by atoms with Crippen LogP contribution in [0.3, 0.4) is 0 Å². The van der Waals surface area contributed by atoms with Gasteiger partial charge in [0.15, 0.2) is 0 Å². The van der Waals surface area contributed by atoms with Gasteiger partial charge in [-0.25, -0.2) is 0 Å². The summed E-state index contributed by atoms with van der Waals surface area (Å²) >= 11 is 0. The molecule has 0 amide bonds. The monoisotopic (exact) mass is 398 g/mol. The first-order chi connectivity index (χ1) is 14.8. The number of allylic oxidation sites excluding steroid dienone is 4. The second-order valence-corrected chi connectivity index (χ2v) is 9.44. The molecule has 0 bridgehead atoms. The molecule has 0 fully saturated rings. The van der Waals surface area contributed by atoms with Crippen molar-refractivity contribution >= 4 is 11.1 Å². The van der Waals surface area contributed by atoms with Gasteiger partial charge >= 0.3 is 0 Å². The van der Waals surface area contributed by atoms with E-state index >= 15 is 0 Å². The third kappa shape index (κ3) is 5.15. The SMILES string of the molecule is CCCCC1CC=C(c2ccc(-c3ccc(C4=CCC(CC)CC4)cc3)cc2)CC1. The van der Waals surface area contributed by atoms with Gasteiger partial charge in [0.1, 0.15) is 0 Å². The molecule has 0 spiro atoms. The average Bonchev–Trinajstić information content (AvgIpc) is 2.83. The van der Waals surface area contributed by atoms with Gasteiger partial charge in [-0.1, -0.05) is 100 Å². The Labute approximate surface area is 184 Å². The molecule has 0 N–H and O–H groups in total. The minimum absolute atomic E-state index is 0.896. The summed E-state index contributed by atoms with van der Waals surface area (Å²) in [6.07, 6.45) is 18.1. The van der Waals surface area contributed by atoms with Crippen LogP contribution < -0.4 is 0 Å². The maximum absolute atomic E-state index is 2.51. The van der Waals surface area contributed by atoms with Gasteiger partial charge in [-0.2, -0.15) is 0 Å². The van der Waals surface area contributed by atoms with Gasteiger partial charge in [0.05, 0.1) is 0 Å². The summed E-state index contributed by atoms with van der Waals surface area (Å²) in [7, 11) is 0. The fraction of sp³-hybridized carbons (Fsp3) is 0.467. The van der Waals surface area contributed by atoms with Gasteiger partial charge < -0.3 is 0 Å². The first-order valence-electron chi connectivity index (χ1n) is 12.4. The van der Waals surface area contributed by atoms with Crippen molar-refractivity contribution in [3.8, 4) is 11.1 Å². The van der Waals surface area contributed by atoms with Gasteiger partial charge in [0.25, 0.3) is 0 Å². The van der Waals surface area contributed by atoms with E-state index in [1.54, 1.807) is 11.1 Å². The van der Waals surface area contributed by atoms with E-state index in [1.807, 2.05) is 0 Å². The van der Waals surface area contributed by atoms with Crippen molar-refractivity contribution in [1.29, 1.82) is 0 Å². The molecule has 0 saturated carbocycles. The van der Waals surface area contributed by atoms with Crippen molar-refractivity contribution in [1.82, 2.24) is 0 Å². The van der Waals surface area contributed by atoms with Gasteiger partial charge in [-0.15, -0.1) is 0 Å². The zero-order chi connectivity index (χ0) is 20.8. The van der Waals surface area contributed by atoms with Crippen molar-refractivity contribution in [2.45, 2.75) is 78.1 Å². The second kappa shape index (κ2) is 10.3. The molecule has 30 heavy (non-hydrogen) atoms. The molecule has 158 valence electrons. The first kappa shape index (κ1) is 21.2. The Bertz CT molecular complexity index is 863. The van der Waals surface area contributed by atoms with Crippen LogP contribution in [0.2, 0.25) is 0 Å². The van der Waals surface area contributed by atoms with E-state index in [1.165, 1.54) is 86.5 Å². The highest BCUT2D eigenvalue weighted by Gasteiger charge is 2.16. The number of benzene rings is 2. The predicted molar refractivity (Wildman–Crippen MR) is 132 cm³/mol. The van der Waals surface area contributed by atoms with Gasteiger partial charge in [-0.05, 0) is 83.8 Å². The summed E-state index contributed by atoms with van der Waals surface area (Å²) in [5.74, 6) is 1.81. The van der Waals surface area contributed by atoms with Crippen LogP contribution in [0.4, 0.5) is 0 Å². The van der Waals surface area contributed by atoms with Crippen LogP contribution >= 0.6 is 0 Å². The Morgan fingerprint density at radius 1 is 0.633 bits per heavy atom. The molecule has 0 aromatic heterocycles. The molecule has 2 atom stereocenters. The van der Waals surface area contributed by atoms with Crippen molar-refractivity contribution < 1.29 is 0 Å². The molecule has 2 aromatic rings. The second-order valence-electron chi connectivity index (χ2n) is 9.44. The molecule has 0 radical (unpaired) electrons. The lowest BCUT2D eigenvalue weighted by molar-refractivity contribution is 0.434. The maximum atomic E-state index is 2.51. The first-order valence-corrected chi connectivity index (χ1v) is 12.4. The van der Waals surface area contributed by atoms with E-state index in [9.17, 15) is 0 Å². The summed E-state index contributed by atoms with van der Waals surface area (Å²) in [5.41, 5.74) is 8.58. The molecule has 0 aliphatic heterocycles. The summed E-state index contributed by atoms with van der Waals surface area (Å²) in [5, 5.41) is 0. The van der Waals surface area contributed by atoms with Crippen molar-refractivity contribution in [3.63, 3.8) is 0 Å². The van der Waals surface area contributed by atoms with Crippen LogP contribution in [0.5, 0.6) is 0 Å². The Hall–Kier alpha value is -2.08. The summed E-state index contributed by atoms with van der Waals surface area (Å²) in [6, 6.07) is 18.5. The highest BCUT2D eigenvalue weighted by atomic mass is 14.2. The highest BCUT2D eigenvalue weighted by Crippen LogP contribution is 2.35. The lowest BCUT2D eigenvalue weighted by atomic mass is 9.83. The molecule has 0 heteroatoms. The van der Waals surface area contributed by atoms with E-state index < -0.39 is 0 Å². The molecule has 0 heterocycles. The third-order valence-electron chi connectivity index (χ3n) is 7.43. The zero-order valence-corrected chi connectivity index (χ0v) is 19.0. The quantitative estimate of drug-likeness (QED) is 0.436. The summed E-state index contributed by atoms with van der Waals surface area (Å²) < 4.78 is 0. The molecular weight excluding hydrogens is 360 g/mol. The van der Waals surface area contributed by atoms with Crippen LogP contribution in [0.15, 0.2) is 60.7 Å². The van der Waals surface area contributed by atoms with Crippen molar-refractivity contribution in [2.75, 3.05) is 0 Å². The Kier molecular flexibility index (Phi) is 7.26. The lowest BCUT2D eigenvalue weighted by Crippen LogP contribution is -2.05. The van der Waals surface area contributed by atoms with Gasteiger partial charge in [0.2, 0.25) is 0 Å². The fourth-order valence-electron chi connectivity index (χ4n) is 5.18. The average molecular weight is 399 g/mol. The minimum Gasteiger partial charge on any atom is -0.0804 e. The van der Waals surface area contributed by atoms with Crippen LogP contribution in [-0.2, 0) is 0 Å². The van der Waals surface area contributed by atoms with Crippen LogP contribution in [-0.4, -0.2) is 0 Å². The van der Waals surface area contributed by atoms with Gasteiger partial charge in [0, 0.05) is 0 Å². The smallest absolute Gasteiger partial charge is 0.0184 e. The van der Waals surface area contributed by atoms with Crippen LogP contribution in [0.25, 0.3) is 22.3 Å². The van der Waals surface area contributed by atoms with E-state index in [-0.39, 0.29) is 0 Å².